The lowest BCUT2D eigenvalue weighted by molar-refractivity contribution is 0.244. The van der Waals surface area contributed by atoms with Crippen molar-refractivity contribution in [2.24, 2.45) is 0 Å². The second kappa shape index (κ2) is 7.69. The highest BCUT2D eigenvalue weighted by Gasteiger charge is 2.21. The van der Waals surface area contributed by atoms with Crippen molar-refractivity contribution in [3.05, 3.63) is 17.7 Å². The Morgan fingerprint density at radius 3 is 2.79 bits per heavy atom. The molecule has 2 aromatic heterocycles. The van der Waals surface area contributed by atoms with E-state index >= 15 is 0 Å². The molecule has 0 aromatic carbocycles. The topological polar surface area (TPSA) is 97.6 Å². The number of aromatic nitrogens is 5. The van der Waals surface area contributed by atoms with E-state index in [2.05, 4.69) is 30.9 Å². The maximum atomic E-state index is 12.2. The van der Waals surface area contributed by atoms with Crippen LogP contribution in [0.4, 0.5) is 9.93 Å². The van der Waals surface area contributed by atoms with Gasteiger partial charge in [0.1, 0.15) is 17.7 Å². The molecule has 2 N–H and O–H groups in total. The van der Waals surface area contributed by atoms with Crippen LogP contribution in [0.5, 0.6) is 0 Å². The van der Waals surface area contributed by atoms with Crippen LogP contribution in [0.25, 0.3) is 0 Å². The molecule has 2 heterocycles. The largest absolute Gasteiger partial charge is 0.333 e. The van der Waals surface area contributed by atoms with Crippen LogP contribution in [0.2, 0.25) is 0 Å². The van der Waals surface area contributed by atoms with Gasteiger partial charge in [-0.1, -0.05) is 30.6 Å². The van der Waals surface area contributed by atoms with Crippen molar-refractivity contribution in [1.82, 2.24) is 30.3 Å². The minimum absolute atomic E-state index is 0.00506. The van der Waals surface area contributed by atoms with Gasteiger partial charge < -0.3 is 5.32 Å². The van der Waals surface area contributed by atoms with E-state index in [4.69, 9.17) is 0 Å². The van der Waals surface area contributed by atoms with Gasteiger partial charge in [0, 0.05) is 12.0 Å². The fourth-order valence-electron chi connectivity index (χ4n) is 2.92. The fraction of sp³-hybridized carbons (Fsp3) is 0.667. The van der Waals surface area contributed by atoms with Gasteiger partial charge in [0.25, 0.3) is 0 Å². The van der Waals surface area contributed by atoms with Crippen LogP contribution in [0.1, 0.15) is 62.9 Å². The Bertz CT molecular complexity index is 651. The molecule has 3 rings (SSSR count). The van der Waals surface area contributed by atoms with Crippen LogP contribution in [-0.2, 0) is 0 Å². The van der Waals surface area contributed by atoms with Crippen LogP contribution in [0.3, 0.4) is 0 Å². The second-order valence-corrected chi connectivity index (χ2v) is 7.29. The third-order valence-corrected chi connectivity index (χ3v) is 5.55. The predicted molar refractivity (Wildman–Crippen MR) is 92.1 cm³/mol. The maximum Gasteiger partial charge on any atom is 0.321 e. The summed E-state index contributed by atoms with van der Waals surface area (Å²) in [6, 6.07) is -0.372. The van der Waals surface area contributed by atoms with Crippen LogP contribution in [0, 0.1) is 0 Å². The summed E-state index contributed by atoms with van der Waals surface area (Å²) >= 11 is 1.48. The first-order valence-electron chi connectivity index (χ1n) is 8.38. The van der Waals surface area contributed by atoms with Gasteiger partial charge in [-0.15, -0.1) is 10.2 Å². The monoisotopic (exact) mass is 349 g/mol. The number of hydrogen-bond donors (Lipinski definition) is 2. The molecule has 0 aliphatic heterocycles. The molecule has 2 aromatic rings. The number of anilines is 1. The van der Waals surface area contributed by atoms with E-state index in [1.165, 1.54) is 49.8 Å². The zero-order valence-electron chi connectivity index (χ0n) is 14.0. The van der Waals surface area contributed by atoms with Gasteiger partial charge in [-0.05, 0) is 26.7 Å². The Morgan fingerprint density at radius 1 is 1.29 bits per heavy atom. The third kappa shape index (κ3) is 4.08. The molecule has 130 valence electrons. The molecule has 0 radical (unpaired) electrons. The first kappa shape index (κ1) is 16.8. The molecule has 1 aliphatic carbocycles. The smallest absolute Gasteiger partial charge is 0.321 e. The number of carbonyl (C=O) groups excluding carboxylic acids is 1. The molecule has 0 spiro atoms. The quantitative estimate of drug-likeness (QED) is 0.865. The number of nitrogens with one attached hydrogen (secondary N) is 2. The van der Waals surface area contributed by atoms with Crippen molar-refractivity contribution in [3.8, 4) is 0 Å². The summed E-state index contributed by atoms with van der Waals surface area (Å²) in [5.41, 5.74) is 0. The molecule has 0 unspecified atom stereocenters. The molecule has 9 heteroatoms. The van der Waals surface area contributed by atoms with Crippen LogP contribution >= 0.6 is 11.3 Å². The van der Waals surface area contributed by atoms with Gasteiger partial charge in [0.2, 0.25) is 5.13 Å². The number of nitrogens with zero attached hydrogens (tertiary/aromatic N) is 5. The van der Waals surface area contributed by atoms with Crippen LogP contribution < -0.4 is 10.6 Å². The Morgan fingerprint density at radius 2 is 2.08 bits per heavy atom. The van der Waals surface area contributed by atoms with E-state index in [1.54, 1.807) is 11.0 Å². The van der Waals surface area contributed by atoms with E-state index in [-0.39, 0.29) is 18.1 Å². The van der Waals surface area contributed by atoms with Crippen molar-refractivity contribution in [2.45, 2.75) is 64.0 Å². The van der Waals surface area contributed by atoms with E-state index in [0.29, 0.717) is 11.0 Å². The van der Waals surface area contributed by atoms with Gasteiger partial charge in [-0.3, -0.25) is 5.32 Å². The van der Waals surface area contributed by atoms with Crippen LogP contribution in [-0.4, -0.2) is 37.0 Å². The Kier molecular flexibility index (Phi) is 5.39. The van der Waals surface area contributed by atoms with E-state index in [1.807, 2.05) is 13.8 Å². The molecule has 0 bridgehead atoms. The van der Waals surface area contributed by atoms with Gasteiger partial charge >= 0.3 is 6.03 Å². The van der Waals surface area contributed by atoms with Gasteiger partial charge in [0.15, 0.2) is 0 Å². The average Bonchev–Trinajstić information content (AvgIpc) is 3.26. The fourth-order valence-corrected chi connectivity index (χ4v) is 3.82. The summed E-state index contributed by atoms with van der Waals surface area (Å²) in [5, 5.41) is 19.7. The van der Waals surface area contributed by atoms with Crippen molar-refractivity contribution >= 4 is 22.5 Å². The number of urea groups is 1. The lowest BCUT2D eigenvalue weighted by atomic mass is 9.90. The molecule has 1 saturated carbocycles. The zero-order chi connectivity index (χ0) is 16.9. The zero-order valence-corrected chi connectivity index (χ0v) is 14.8. The lowest BCUT2D eigenvalue weighted by Gasteiger charge is -2.21. The van der Waals surface area contributed by atoms with Crippen molar-refractivity contribution in [1.29, 1.82) is 0 Å². The van der Waals surface area contributed by atoms with Crippen molar-refractivity contribution in [3.63, 3.8) is 0 Å². The first-order valence-corrected chi connectivity index (χ1v) is 9.20. The summed E-state index contributed by atoms with van der Waals surface area (Å²) in [5.74, 6) is 0.501. The first-order chi connectivity index (χ1) is 11.6. The summed E-state index contributed by atoms with van der Waals surface area (Å²) in [7, 11) is 0. The molecule has 8 nitrogen and oxygen atoms in total. The highest BCUT2D eigenvalue weighted by Crippen LogP contribution is 2.35. The Balaban J connectivity index is 1.52. The molecule has 2 atom stereocenters. The molecular weight excluding hydrogens is 326 g/mol. The number of hydrogen-bond acceptors (Lipinski definition) is 6. The number of rotatable bonds is 5. The molecule has 1 fully saturated rings. The summed E-state index contributed by atoms with van der Waals surface area (Å²) in [6.45, 7) is 3.91. The highest BCUT2D eigenvalue weighted by molar-refractivity contribution is 7.15. The highest BCUT2D eigenvalue weighted by atomic mass is 32.1. The molecule has 24 heavy (non-hydrogen) atoms. The maximum absolute atomic E-state index is 12.2. The van der Waals surface area contributed by atoms with Crippen molar-refractivity contribution < 1.29 is 4.79 Å². The van der Waals surface area contributed by atoms with Crippen LogP contribution in [0.15, 0.2) is 12.7 Å². The van der Waals surface area contributed by atoms with Crippen molar-refractivity contribution in [2.75, 3.05) is 5.32 Å². The molecule has 1 aliphatic rings. The lowest BCUT2D eigenvalue weighted by Crippen LogP contribution is -2.40. The van der Waals surface area contributed by atoms with E-state index in [0.717, 1.165) is 5.01 Å². The Labute approximate surface area is 145 Å². The van der Waals surface area contributed by atoms with Gasteiger partial charge in [0.05, 0.1) is 6.04 Å². The predicted octanol–water partition coefficient (Wildman–Crippen LogP) is 2.95. The van der Waals surface area contributed by atoms with Gasteiger partial charge in [-0.25, -0.2) is 14.5 Å². The molecule has 0 saturated heterocycles. The molecule has 2 amide bonds. The number of carbonyl (C=O) groups is 1. The SMILES string of the molecule is C[C@H]([C@@H](C)NC(=O)Nc1nnc(C2CCCCC2)s1)n1cncn1. The van der Waals surface area contributed by atoms with E-state index in [9.17, 15) is 4.79 Å². The van der Waals surface area contributed by atoms with Gasteiger partial charge in [-0.2, -0.15) is 5.10 Å². The third-order valence-electron chi connectivity index (χ3n) is 4.55. The minimum Gasteiger partial charge on any atom is -0.333 e. The number of amides is 2. The summed E-state index contributed by atoms with van der Waals surface area (Å²) in [6.07, 6.45) is 9.29. The second-order valence-electron chi connectivity index (χ2n) is 6.28. The normalized spacial score (nSPS) is 18.1. The minimum atomic E-state index is -0.277. The Hall–Kier alpha value is -2.03. The van der Waals surface area contributed by atoms with E-state index < -0.39 is 0 Å². The summed E-state index contributed by atoms with van der Waals surface area (Å²) < 4.78 is 1.72. The standard InChI is InChI=1S/C15H23N7OS/c1-10(11(2)22-9-16-8-17-22)18-14(23)19-15-21-20-13(24-15)12-6-4-3-5-7-12/h8-12H,3-7H2,1-2H3,(H2,18,19,21,23)/t10-,11-/m1/s1. The summed E-state index contributed by atoms with van der Waals surface area (Å²) in [4.78, 5) is 16.1. The molecular formula is C15H23N7OS. The average molecular weight is 349 g/mol.